The molecule has 0 saturated carbocycles. The van der Waals surface area contributed by atoms with Gasteiger partial charge in [-0.3, -0.25) is 4.90 Å². The minimum absolute atomic E-state index is 0.0260. The summed E-state index contributed by atoms with van der Waals surface area (Å²) in [5, 5.41) is 0. The molecular weight excluding hydrogens is 232 g/mol. The van der Waals surface area contributed by atoms with Crippen LogP contribution in [0.3, 0.4) is 0 Å². The zero-order chi connectivity index (χ0) is 14.6. The summed E-state index contributed by atoms with van der Waals surface area (Å²) in [7, 11) is 0. The number of aryl methyl sites for hydroxylation is 2. The van der Waals surface area contributed by atoms with Gasteiger partial charge in [0.1, 0.15) is 0 Å². The maximum atomic E-state index is 6.53. The van der Waals surface area contributed by atoms with Gasteiger partial charge in [-0.2, -0.15) is 0 Å². The summed E-state index contributed by atoms with van der Waals surface area (Å²) in [4.78, 5) is 2.45. The van der Waals surface area contributed by atoms with Gasteiger partial charge in [0, 0.05) is 11.6 Å². The Morgan fingerprint density at radius 1 is 1.11 bits per heavy atom. The molecule has 0 aliphatic rings. The van der Waals surface area contributed by atoms with Crippen molar-refractivity contribution in [2.75, 3.05) is 13.1 Å². The summed E-state index contributed by atoms with van der Waals surface area (Å²) in [6.07, 6.45) is 0.946. The molecule has 0 heterocycles. The van der Waals surface area contributed by atoms with Crippen LogP contribution in [0.25, 0.3) is 0 Å². The van der Waals surface area contributed by atoms with Gasteiger partial charge in [-0.05, 0) is 63.9 Å². The summed E-state index contributed by atoms with van der Waals surface area (Å²) in [5.41, 5.74) is 10.7. The average Bonchev–Trinajstić information content (AvgIpc) is 2.34. The number of benzene rings is 1. The average molecular weight is 262 g/mol. The predicted molar refractivity (Wildman–Crippen MR) is 84.6 cm³/mol. The Balaban J connectivity index is 2.93. The van der Waals surface area contributed by atoms with Crippen molar-refractivity contribution in [2.45, 2.75) is 59.5 Å². The van der Waals surface area contributed by atoms with Crippen molar-refractivity contribution in [1.82, 2.24) is 4.90 Å². The number of nitrogens with two attached hydrogens (primary N) is 1. The third kappa shape index (κ3) is 3.58. The second-order valence-electron chi connectivity index (χ2n) is 6.01. The molecular formula is C17H30N2. The van der Waals surface area contributed by atoms with E-state index in [1.54, 1.807) is 0 Å². The van der Waals surface area contributed by atoms with Crippen molar-refractivity contribution in [1.29, 1.82) is 0 Å². The second-order valence-corrected chi connectivity index (χ2v) is 6.01. The van der Waals surface area contributed by atoms with E-state index in [0.29, 0.717) is 0 Å². The van der Waals surface area contributed by atoms with Gasteiger partial charge in [0.2, 0.25) is 0 Å². The SMILES string of the molecule is CCN(CC)C(C)(C)C(N)Cc1c(C)cccc1C. The van der Waals surface area contributed by atoms with E-state index < -0.39 is 0 Å². The lowest BCUT2D eigenvalue weighted by atomic mass is 9.85. The Morgan fingerprint density at radius 2 is 1.58 bits per heavy atom. The molecule has 2 nitrogen and oxygen atoms in total. The molecule has 0 spiro atoms. The Bertz CT molecular complexity index is 385. The van der Waals surface area contributed by atoms with Gasteiger partial charge in [-0.1, -0.05) is 32.0 Å². The van der Waals surface area contributed by atoms with Crippen molar-refractivity contribution in [3.05, 3.63) is 34.9 Å². The summed E-state index contributed by atoms with van der Waals surface area (Å²) in [6.45, 7) is 15.4. The number of likely N-dealkylation sites (N-methyl/N-ethyl adjacent to an activating group) is 1. The monoisotopic (exact) mass is 262 g/mol. The standard InChI is InChI=1S/C17H30N2/c1-7-19(8-2)17(5,6)16(18)12-15-13(3)10-9-11-14(15)4/h9-11,16H,7-8,12,18H2,1-6H3. The van der Waals surface area contributed by atoms with Gasteiger partial charge in [-0.15, -0.1) is 0 Å². The normalized spacial score (nSPS) is 13.9. The van der Waals surface area contributed by atoms with Crippen LogP contribution in [0, 0.1) is 13.8 Å². The molecule has 108 valence electrons. The van der Waals surface area contributed by atoms with Gasteiger partial charge in [-0.25, -0.2) is 0 Å². The van der Waals surface area contributed by atoms with E-state index in [2.05, 4.69) is 64.6 Å². The molecule has 0 aliphatic carbocycles. The molecule has 1 aromatic rings. The molecule has 0 saturated heterocycles. The second kappa shape index (κ2) is 6.53. The Kier molecular flexibility index (Phi) is 5.57. The highest BCUT2D eigenvalue weighted by Gasteiger charge is 2.31. The lowest BCUT2D eigenvalue weighted by Crippen LogP contribution is -2.56. The Morgan fingerprint density at radius 3 is 2.00 bits per heavy atom. The van der Waals surface area contributed by atoms with Gasteiger partial charge in [0.25, 0.3) is 0 Å². The molecule has 0 aromatic heterocycles. The third-order valence-corrected chi connectivity index (χ3v) is 4.55. The summed E-state index contributed by atoms with van der Waals surface area (Å²) >= 11 is 0. The van der Waals surface area contributed by atoms with E-state index in [0.717, 1.165) is 19.5 Å². The largest absolute Gasteiger partial charge is 0.326 e. The zero-order valence-corrected chi connectivity index (χ0v) is 13.5. The number of nitrogens with zero attached hydrogens (tertiary/aromatic N) is 1. The molecule has 0 bridgehead atoms. The van der Waals surface area contributed by atoms with Crippen LogP contribution in [0.5, 0.6) is 0 Å². The summed E-state index contributed by atoms with van der Waals surface area (Å²) < 4.78 is 0. The lowest BCUT2D eigenvalue weighted by Gasteiger charge is -2.42. The zero-order valence-electron chi connectivity index (χ0n) is 13.5. The van der Waals surface area contributed by atoms with Gasteiger partial charge in [0.05, 0.1) is 0 Å². The van der Waals surface area contributed by atoms with E-state index in [-0.39, 0.29) is 11.6 Å². The van der Waals surface area contributed by atoms with Crippen molar-refractivity contribution < 1.29 is 0 Å². The molecule has 1 rings (SSSR count). The highest BCUT2D eigenvalue weighted by atomic mass is 15.2. The van der Waals surface area contributed by atoms with Crippen LogP contribution in [-0.4, -0.2) is 29.6 Å². The molecule has 1 unspecified atom stereocenters. The van der Waals surface area contributed by atoms with Crippen molar-refractivity contribution >= 4 is 0 Å². The topological polar surface area (TPSA) is 29.3 Å². The summed E-state index contributed by atoms with van der Waals surface area (Å²) in [5.74, 6) is 0. The highest BCUT2D eigenvalue weighted by Crippen LogP contribution is 2.23. The molecule has 2 heteroatoms. The molecule has 0 fully saturated rings. The predicted octanol–water partition coefficient (Wildman–Crippen LogP) is 3.29. The lowest BCUT2D eigenvalue weighted by molar-refractivity contribution is 0.106. The molecule has 0 radical (unpaired) electrons. The smallest absolute Gasteiger partial charge is 0.0307 e. The van der Waals surface area contributed by atoms with Crippen LogP contribution in [0.2, 0.25) is 0 Å². The maximum absolute atomic E-state index is 6.53. The molecule has 0 aliphatic heterocycles. The first-order chi connectivity index (χ1) is 8.84. The minimum atomic E-state index is 0.0260. The molecule has 0 amide bonds. The van der Waals surface area contributed by atoms with Crippen LogP contribution in [-0.2, 0) is 6.42 Å². The van der Waals surface area contributed by atoms with E-state index in [9.17, 15) is 0 Å². The molecule has 1 aromatic carbocycles. The third-order valence-electron chi connectivity index (χ3n) is 4.55. The Hall–Kier alpha value is -0.860. The Labute approximate surface area is 119 Å². The van der Waals surface area contributed by atoms with Gasteiger partial charge >= 0.3 is 0 Å². The number of hydrogen-bond donors (Lipinski definition) is 1. The molecule has 1 atom stereocenters. The molecule has 19 heavy (non-hydrogen) atoms. The van der Waals surface area contributed by atoms with Crippen LogP contribution in [0.1, 0.15) is 44.4 Å². The van der Waals surface area contributed by atoms with E-state index in [1.807, 2.05) is 0 Å². The van der Waals surface area contributed by atoms with Crippen LogP contribution in [0.4, 0.5) is 0 Å². The summed E-state index contributed by atoms with van der Waals surface area (Å²) in [6, 6.07) is 6.63. The number of rotatable bonds is 6. The van der Waals surface area contributed by atoms with Crippen LogP contribution < -0.4 is 5.73 Å². The van der Waals surface area contributed by atoms with E-state index in [1.165, 1.54) is 16.7 Å². The van der Waals surface area contributed by atoms with Gasteiger partial charge in [0.15, 0.2) is 0 Å². The van der Waals surface area contributed by atoms with Gasteiger partial charge < -0.3 is 5.73 Å². The fraction of sp³-hybridized carbons (Fsp3) is 0.647. The minimum Gasteiger partial charge on any atom is -0.326 e. The van der Waals surface area contributed by atoms with Crippen LogP contribution in [0.15, 0.2) is 18.2 Å². The first kappa shape index (κ1) is 16.2. The quantitative estimate of drug-likeness (QED) is 0.852. The number of hydrogen-bond acceptors (Lipinski definition) is 2. The fourth-order valence-electron chi connectivity index (χ4n) is 2.91. The van der Waals surface area contributed by atoms with Crippen molar-refractivity contribution in [3.63, 3.8) is 0 Å². The van der Waals surface area contributed by atoms with Crippen molar-refractivity contribution in [2.24, 2.45) is 5.73 Å². The first-order valence-corrected chi connectivity index (χ1v) is 7.40. The van der Waals surface area contributed by atoms with Crippen LogP contribution >= 0.6 is 0 Å². The highest BCUT2D eigenvalue weighted by molar-refractivity contribution is 5.34. The van der Waals surface area contributed by atoms with E-state index >= 15 is 0 Å². The maximum Gasteiger partial charge on any atom is 0.0307 e. The van der Waals surface area contributed by atoms with Crippen molar-refractivity contribution in [3.8, 4) is 0 Å². The fourth-order valence-corrected chi connectivity index (χ4v) is 2.91. The molecule has 2 N–H and O–H groups in total. The van der Waals surface area contributed by atoms with E-state index in [4.69, 9.17) is 5.73 Å². The first-order valence-electron chi connectivity index (χ1n) is 7.40.